The molecule has 0 spiro atoms. The normalized spacial score (nSPS) is 9.90. The average molecular weight is 309 g/mol. The molecule has 0 saturated heterocycles. The topological polar surface area (TPSA) is 41.1 Å². The highest BCUT2D eigenvalue weighted by Gasteiger charge is 2.08. The Labute approximate surface area is 125 Å². The van der Waals surface area contributed by atoms with Gasteiger partial charge in [0.05, 0.1) is 5.02 Å². The lowest BCUT2D eigenvalue weighted by Crippen LogP contribution is -2.34. The molecule has 102 valence electrons. The molecule has 2 aromatic carbocycles. The summed E-state index contributed by atoms with van der Waals surface area (Å²) >= 11 is 10.6. The summed E-state index contributed by atoms with van der Waals surface area (Å²) in [5.74, 6) is -0.897. The summed E-state index contributed by atoms with van der Waals surface area (Å²) in [7, 11) is 0. The van der Waals surface area contributed by atoms with Crippen molar-refractivity contribution in [2.75, 3.05) is 5.32 Å². The third kappa shape index (κ3) is 3.76. The molecule has 0 atom stereocenters. The van der Waals surface area contributed by atoms with Crippen LogP contribution in [0, 0.1) is 5.82 Å². The number of carbonyl (C=O) groups is 1. The van der Waals surface area contributed by atoms with E-state index in [0.29, 0.717) is 11.3 Å². The smallest absolute Gasteiger partial charge is 0.257 e. The lowest BCUT2D eigenvalue weighted by Gasteiger charge is -2.09. The molecule has 0 bridgehead atoms. The highest BCUT2D eigenvalue weighted by molar-refractivity contribution is 7.80. The Morgan fingerprint density at radius 1 is 1.15 bits per heavy atom. The third-order valence-corrected chi connectivity index (χ3v) is 2.95. The van der Waals surface area contributed by atoms with Gasteiger partial charge in [0.25, 0.3) is 5.91 Å². The molecule has 6 heteroatoms. The molecule has 0 unspecified atom stereocenters. The SMILES string of the molecule is O=C(NC(=S)Nc1ccc(Cl)c(F)c1)c1ccccc1. The van der Waals surface area contributed by atoms with E-state index in [4.69, 9.17) is 23.8 Å². The Bertz CT molecular complexity index is 649. The maximum Gasteiger partial charge on any atom is 0.257 e. The molecular formula is C14H10ClFN2OS. The van der Waals surface area contributed by atoms with Gasteiger partial charge in [0, 0.05) is 11.3 Å². The average Bonchev–Trinajstić information content (AvgIpc) is 2.44. The number of hydrogen-bond acceptors (Lipinski definition) is 2. The van der Waals surface area contributed by atoms with E-state index in [1.807, 2.05) is 6.07 Å². The molecular weight excluding hydrogens is 299 g/mol. The van der Waals surface area contributed by atoms with E-state index in [1.165, 1.54) is 12.1 Å². The molecule has 0 aliphatic rings. The van der Waals surface area contributed by atoms with Crippen LogP contribution in [0.2, 0.25) is 5.02 Å². The van der Waals surface area contributed by atoms with Gasteiger partial charge in [-0.15, -0.1) is 0 Å². The number of nitrogens with one attached hydrogen (secondary N) is 2. The minimum Gasteiger partial charge on any atom is -0.332 e. The van der Waals surface area contributed by atoms with Crippen LogP contribution in [0.15, 0.2) is 48.5 Å². The number of rotatable bonds is 2. The van der Waals surface area contributed by atoms with Crippen LogP contribution in [0.1, 0.15) is 10.4 Å². The molecule has 0 saturated carbocycles. The molecule has 0 radical (unpaired) electrons. The lowest BCUT2D eigenvalue weighted by atomic mass is 10.2. The van der Waals surface area contributed by atoms with Gasteiger partial charge in [0.2, 0.25) is 0 Å². The lowest BCUT2D eigenvalue weighted by molar-refractivity contribution is 0.0978. The molecule has 0 aliphatic carbocycles. The van der Waals surface area contributed by atoms with Gasteiger partial charge in [0.15, 0.2) is 5.11 Å². The van der Waals surface area contributed by atoms with Crippen LogP contribution in [-0.2, 0) is 0 Å². The second kappa shape index (κ2) is 6.45. The summed E-state index contributed by atoms with van der Waals surface area (Å²) in [6.07, 6.45) is 0. The molecule has 2 N–H and O–H groups in total. The monoisotopic (exact) mass is 308 g/mol. The molecule has 3 nitrogen and oxygen atoms in total. The number of hydrogen-bond donors (Lipinski definition) is 2. The highest BCUT2D eigenvalue weighted by Crippen LogP contribution is 2.18. The predicted octanol–water partition coefficient (Wildman–Crippen LogP) is 3.61. The maximum absolute atomic E-state index is 13.3. The predicted molar refractivity (Wildman–Crippen MR) is 81.5 cm³/mol. The number of halogens is 2. The fourth-order valence-corrected chi connectivity index (χ4v) is 1.83. The van der Waals surface area contributed by atoms with Crippen molar-refractivity contribution in [2.24, 2.45) is 0 Å². The summed E-state index contributed by atoms with van der Waals surface area (Å²) < 4.78 is 13.3. The fraction of sp³-hybridized carbons (Fsp3) is 0. The molecule has 0 aliphatic heterocycles. The van der Waals surface area contributed by atoms with Gasteiger partial charge in [-0.3, -0.25) is 10.1 Å². The minimum absolute atomic E-state index is 0.0230. The largest absolute Gasteiger partial charge is 0.332 e. The highest BCUT2D eigenvalue weighted by atomic mass is 35.5. The van der Waals surface area contributed by atoms with Crippen LogP contribution in [0.25, 0.3) is 0 Å². The number of amides is 1. The van der Waals surface area contributed by atoms with Crippen molar-refractivity contribution in [3.05, 3.63) is 64.9 Å². The summed E-state index contributed by atoms with van der Waals surface area (Å²) in [5, 5.41) is 5.32. The fourth-order valence-electron chi connectivity index (χ4n) is 1.50. The summed E-state index contributed by atoms with van der Waals surface area (Å²) in [6, 6.07) is 12.8. The standard InChI is InChI=1S/C14H10ClFN2OS/c15-11-7-6-10(8-12(11)16)17-14(20)18-13(19)9-4-2-1-3-5-9/h1-8H,(H2,17,18,19,20). The molecule has 0 heterocycles. The van der Waals surface area contributed by atoms with E-state index in [-0.39, 0.29) is 16.0 Å². The van der Waals surface area contributed by atoms with Gasteiger partial charge in [-0.1, -0.05) is 29.8 Å². The van der Waals surface area contributed by atoms with Gasteiger partial charge in [-0.05, 0) is 42.5 Å². The first-order chi connectivity index (χ1) is 9.56. The first-order valence-corrected chi connectivity index (χ1v) is 6.47. The zero-order valence-corrected chi connectivity index (χ0v) is 11.8. The van der Waals surface area contributed by atoms with E-state index in [2.05, 4.69) is 10.6 Å². The van der Waals surface area contributed by atoms with Crippen LogP contribution in [0.3, 0.4) is 0 Å². The van der Waals surface area contributed by atoms with Crippen LogP contribution in [0.5, 0.6) is 0 Å². The summed E-state index contributed by atoms with van der Waals surface area (Å²) in [5.41, 5.74) is 0.893. The van der Waals surface area contributed by atoms with Gasteiger partial charge < -0.3 is 5.32 Å². The number of carbonyl (C=O) groups excluding carboxylic acids is 1. The molecule has 2 rings (SSSR count). The third-order valence-electron chi connectivity index (χ3n) is 2.44. The van der Waals surface area contributed by atoms with E-state index in [1.54, 1.807) is 30.3 Å². The number of benzene rings is 2. The van der Waals surface area contributed by atoms with Crippen molar-refractivity contribution in [3.8, 4) is 0 Å². The quantitative estimate of drug-likeness (QED) is 0.833. The van der Waals surface area contributed by atoms with Gasteiger partial charge in [-0.2, -0.15) is 0 Å². The number of thiocarbonyl (C=S) groups is 1. The zero-order valence-electron chi connectivity index (χ0n) is 10.2. The second-order valence-corrected chi connectivity index (χ2v) is 4.72. The second-order valence-electron chi connectivity index (χ2n) is 3.90. The first-order valence-electron chi connectivity index (χ1n) is 5.68. The van der Waals surface area contributed by atoms with Gasteiger partial charge in [-0.25, -0.2) is 4.39 Å². The van der Waals surface area contributed by atoms with Crippen LogP contribution in [-0.4, -0.2) is 11.0 Å². The molecule has 0 aromatic heterocycles. The number of anilines is 1. The Morgan fingerprint density at radius 2 is 1.85 bits per heavy atom. The van der Waals surface area contributed by atoms with E-state index >= 15 is 0 Å². The van der Waals surface area contributed by atoms with Gasteiger partial charge >= 0.3 is 0 Å². The van der Waals surface area contributed by atoms with Crippen molar-refractivity contribution in [3.63, 3.8) is 0 Å². The Morgan fingerprint density at radius 3 is 2.50 bits per heavy atom. The summed E-state index contributed by atoms with van der Waals surface area (Å²) in [6.45, 7) is 0. The Hall–Kier alpha value is -1.98. The maximum atomic E-state index is 13.3. The van der Waals surface area contributed by atoms with E-state index < -0.39 is 5.82 Å². The van der Waals surface area contributed by atoms with Crippen molar-refractivity contribution < 1.29 is 9.18 Å². The van der Waals surface area contributed by atoms with Crippen LogP contribution in [0.4, 0.5) is 10.1 Å². The molecule has 1 amide bonds. The van der Waals surface area contributed by atoms with E-state index in [0.717, 1.165) is 0 Å². The van der Waals surface area contributed by atoms with Crippen molar-refractivity contribution >= 4 is 40.5 Å². The molecule has 20 heavy (non-hydrogen) atoms. The minimum atomic E-state index is -0.561. The molecule has 0 fully saturated rings. The first kappa shape index (κ1) is 14.4. The van der Waals surface area contributed by atoms with Crippen molar-refractivity contribution in [2.45, 2.75) is 0 Å². The van der Waals surface area contributed by atoms with Crippen molar-refractivity contribution in [1.82, 2.24) is 5.32 Å². The van der Waals surface area contributed by atoms with Crippen LogP contribution < -0.4 is 10.6 Å². The Balaban J connectivity index is 1.99. The zero-order chi connectivity index (χ0) is 14.5. The molecule has 2 aromatic rings. The Kier molecular flexibility index (Phi) is 4.65. The van der Waals surface area contributed by atoms with Gasteiger partial charge in [0.1, 0.15) is 5.82 Å². The van der Waals surface area contributed by atoms with Crippen LogP contribution >= 0.6 is 23.8 Å². The van der Waals surface area contributed by atoms with Crippen molar-refractivity contribution in [1.29, 1.82) is 0 Å². The summed E-state index contributed by atoms with van der Waals surface area (Å²) in [4.78, 5) is 11.8. The van der Waals surface area contributed by atoms with E-state index in [9.17, 15) is 9.18 Å².